The molecule has 2 N–H and O–H groups in total. The standard InChI is InChI=1S/C38H56N4O7S/c1-23(2)29(20-33(44)31-16-12-13-17-41(31)7)37(46)42(8)32(24(3)4)21-34(49-26(6)43)36-40-30(22-50-36)35(45)39-28(18-25(5)38(47)48)19-27-14-10-9-11-15-27/h9-11,14-15,22-25,28-29,31-32,34H,12-13,16-21H2,1-8H3,(H,39,45)(H,47,48)/t25-,28+,29-,31+,32+,34+/m0/s1. The van der Waals surface area contributed by atoms with Crippen LogP contribution < -0.4 is 5.32 Å². The molecule has 50 heavy (non-hydrogen) atoms. The van der Waals surface area contributed by atoms with Gasteiger partial charge in [-0.2, -0.15) is 0 Å². The van der Waals surface area contributed by atoms with Gasteiger partial charge in [0.15, 0.2) is 11.9 Å². The van der Waals surface area contributed by atoms with E-state index in [1.807, 2.05) is 65.1 Å². The molecule has 12 heteroatoms. The van der Waals surface area contributed by atoms with E-state index < -0.39 is 41.8 Å². The van der Waals surface area contributed by atoms with Crippen LogP contribution in [0.1, 0.15) is 107 Å². The monoisotopic (exact) mass is 712 g/mol. The van der Waals surface area contributed by atoms with Crippen molar-refractivity contribution in [3.05, 3.63) is 52.0 Å². The number of likely N-dealkylation sites (tertiary alicyclic amines) is 1. The van der Waals surface area contributed by atoms with Crippen LogP contribution in [-0.4, -0.2) is 88.2 Å². The number of ether oxygens (including phenoxy) is 1. The summed E-state index contributed by atoms with van der Waals surface area (Å²) >= 11 is 1.19. The minimum Gasteiger partial charge on any atom is -0.481 e. The third-order valence-electron chi connectivity index (χ3n) is 9.81. The molecular weight excluding hydrogens is 657 g/mol. The van der Waals surface area contributed by atoms with Crippen LogP contribution in [-0.2, 0) is 30.3 Å². The van der Waals surface area contributed by atoms with Crippen molar-refractivity contribution in [1.29, 1.82) is 0 Å². The molecule has 1 aromatic heterocycles. The molecule has 276 valence electrons. The maximum atomic E-state index is 14.1. The summed E-state index contributed by atoms with van der Waals surface area (Å²) in [5, 5.41) is 14.5. The van der Waals surface area contributed by atoms with Gasteiger partial charge in [-0.3, -0.25) is 28.9 Å². The lowest BCUT2D eigenvalue weighted by molar-refractivity contribution is -0.149. The molecule has 0 unspecified atom stereocenters. The summed E-state index contributed by atoms with van der Waals surface area (Å²) in [5.74, 6) is -3.15. The Hall–Kier alpha value is -3.64. The highest BCUT2D eigenvalue weighted by Crippen LogP contribution is 2.32. The van der Waals surface area contributed by atoms with Crippen molar-refractivity contribution in [2.45, 2.75) is 111 Å². The van der Waals surface area contributed by atoms with Crippen LogP contribution >= 0.6 is 11.3 Å². The molecule has 3 rings (SSSR count). The topological polar surface area (TPSA) is 146 Å². The van der Waals surface area contributed by atoms with Crippen LogP contribution in [0.4, 0.5) is 0 Å². The molecule has 1 aromatic carbocycles. The van der Waals surface area contributed by atoms with E-state index in [4.69, 9.17) is 4.74 Å². The van der Waals surface area contributed by atoms with Crippen LogP contribution in [0.5, 0.6) is 0 Å². The van der Waals surface area contributed by atoms with E-state index in [2.05, 4.69) is 15.2 Å². The van der Waals surface area contributed by atoms with Gasteiger partial charge >= 0.3 is 11.9 Å². The Morgan fingerprint density at radius 3 is 2.30 bits per heavy atom. The third-order valence-corrected chi connectivity index (χ3v) is 10.8. The highest BCUT2D eigenvalue weighted by atomic mass is 32.1. The smallest absolute Gasteiger partial charge is 0.306 e. The van der Waals surface area contributed by atoms with Crippen molar-refractivity contribution >= 4 is 40.9 Å². The number of Topliss-reactive ketones (excluding diaryl/α,β-unsaturated/α-hetero) is 1. The molecule has 1 saturated heterocycles. The summed E-state index contributed by atoms with van der Waals surface area (Å²) < 4.78 is 5.76. The molecular formula is C38H56N4O7S. The van der Waals surface area contributed by atoms with Gasteiger partial charge in [-0.15, -0.1) is 11.3 Å². The van der Waals surface area contributed by atoms with Crippen LogP contribution in [0.2, 0.25) is 0 Å². The fourth-order valence-electron chi connectivity index (χ4n) is 6.78. The number of thiazole rings is 1. The maximum absolute atomic E-state index is 14.1. The number of benzene rings is 1. The lowest BCUT2D eigenvalue weighted by Crippen LogP contribution is -2.48. The second-order valence-electron chi connectivity index (χ2n) is 14.5. The Balaban J connectivity index is 1.79. The van der Waals surface area contributed by atoms with Crippen molar-refractivity contribution in [2.75, 3.05) is 20.6 Å². The van der Waals surface area contributed by atoms with Gasteiger partial charge in [-0.25, -0.2) is 4.98 Å². The number of carbonyl (C=O) groups is 5. The van der Waals surface area contributed by atoms with Gasteiger partial charge in [-0.1, -0.05) is 71.4 Å². The van der Waals surface area contributed by atoms with E-state index in [0.717, 1.165) is 31.4 Å². The first-order valence-corrected chi connectivity index (χ1v) is 18.7. The SMILES string of the molecule is CC(=O)O[C@H](C[C@H](C(C)C)N(C)C(=O)[C@@H](CC(=O)[C@H]1CCCCN1C)C(C)C)c1nc(C(=O)N[C@@H](Cc2ccccc2)C[C@H](C)C(=O)O)cs1. The summed E-state index contributed by atoms with van der Waals surface area (Å²) in [6, 6.07) is 8.57. The molecule has 2 aromatic rings. The number of piperidine rings is 1. The third kappa shape index (κ3) is 11.7. The lowest BCUT2D eigenvalue weighted by Gasteiger charge is -2.37. The molecule has 0 saturated carbocycles. The number of nitrogens with zero attached hydrogens (tertiary/aromatic N) is 3. The number of amides is 2. The van der Waals surface area contributed by atoms with E-state index in [9.17, 15) is 29.1 Å². The van der Waals surface area contributed by atoms with Gasteiger partial charge in [0.2, 0.25) is 5.91 Å². The molecule has 11 nitrogen and oxygen atoms in total. The number of nitrogens with one attached hydrogen (secondary N) is 1. The van der Waals surface area contributed by atoms with E-state index >= 15 is 0 Å². The molecule has 1 aliphatic heterocycles. The zero-order valence-electron chi connectivity index (χ0n) is 30.9. The first-order valence-electron chi connectivity index (χ1n) is 17.8. The predicted octanol–water partition coefficient (Wildman–Crippen LogP) is 5.79. The molecule has 1 aliphatic rings. The summed E-state index contributed by atoms with van der Waals surface area (Å²) in [7, 11) is 3.72. The quantitative estimate of drug-likeness (QED) is 0.184. The van der Waals surface area contributed by atoms with Gasteiger partial charge in [0.25, 0.3) is 5.91 Å². The van der Waals surface area contributed by atoms with Crippen LogP contribution in [0.15, 0.2) is 35.7 Å². The van der Waals surface area contributed by atoms with Gasteiger partial charge in [0, 0.05) is 50.2 Å². The summed E-state index contributed by atoms with van der Waals surface area (Å²) in [4.78, 5) is 73.2. The second-order valence-corrected chi connectivity index (χ2v) is 15.4. The number of hydrogen-bond acceptors (Lipinski definition) is 9. The zero-order valence-corrected chi connectivity index (χ0v) is 31.7. The van der Waals surface area contributed by atoms with Crippen molar-refractivity contribution < 1.29 is 33.8 Å². The average molecular weight is 713 g/mol. The van der Waals surface area contributed by atoms with Gasteiger partial charge in [-0.05, 0) is 56.7 Å². The molecule has 2 heterocycles. The Morgan fingerprint density at radius 2 is 1.72 bits per heavy atom. The Labute approximate surface area is 301 Å². The largest absolute Gasteiger partial charge is 0.481 e. The van der Waals surface area contributed by atoms with Crippen LogP contribution in [0.25, 0.3) is 0 Å². The normalized spacial score (nSPS) is 18.2. The van der Waals surface area contributed by atoms with Crippen molar-refractivity contribution in [2.24, 2.45) is 23.7 Å². The van der Waals surface area contributed by atoms with Crippen molar-refractivity contribution in [3.8, 4) is 0 Å². The average Bonchev–Trinajstić information content (AvgIpc) is 3.55. The fraction of sp³-hybridized carbons (Fsp3) is 0.632. The van der Waals surface area contributed by atoms with E-state index in [1.165, 1.54) is 18.3 Å². The number of aromatic nitrogens is 1. The number of likely N-dealkylation sites (N-methyl/N-ethyl adjacent to an activating group) is 1. The number of hydrogen-bond donors (Lipinski definition) is 2. The number of rotatable bonds is 18. The van der Waals surface area contributed by atoms with Gasteiger partial charge in [0.05, 0.1) is 12.0 Å². The molecule has 0 spiro atoms. The lowest BCUT2D eigenvalue weighted by atomic mass is 9.84. The minimum atomic E-state index is -0.941. The first kappa shape index (κ1) is 40.8. The fourth-order valence-corrected chi connectivity index (χ4v) is 7.62. The number of ketones is 1. The Morgan fingerprint density at radius 1 is 1.04 bits per heavy atom. The predicted molar refractivity (Wildman–Crippen MR) is 194 cm³/mol. The summed E-state index contributed by atoms with van der Waals surface area (Å²) in [5.41, 5.74) is 1.10. The van der Waals surface area contributed by atoms with Gasteiger partial charge in [0.1, 0.15) is 10.7 Å². The number of carbonyl (C=O) groups excluding carboxylic acids is 4. The van der Waals surface area contributed by atoms with Crippen LogP contribution in [0, 0.1) is 23.7 Å². The van der Waals surface area contributed by atoms with E-state index in [0.29, 0.717) is 11.4 Å². The van der Waals surface area contributed by atoms with Gasteiger partial charge < -0.3 is 20.1 Å². The molecule has 1 fully saturated rings. The molecule has 0 bridgehead atoms. The maximum Gasteiger partial charge on any atom is 0.306 e. The minimum absolute atomic E-state index is 0.0206. The molecule has 0 aliphatic carbocycles. The van der Waals surface area contributed by atoms with Crippen molar-refractivity contribution in [1.82, 2.24) is 20.1 Å². The van der Waals surface area contributed by atoms with Crippen LogP contribution in [0.3, 0.4) is 0 Å². The Bertz CT molecular complexity index is 1450. The number of esters is 1. The first-order chi connectivity index (χ1) is 23.6. The molecule has 6 atom stereocenters. The summed E-state index contributed by atoms with van der Waals surface area (Å²) in [6.45, 7) is 11.7. The number of aliphatic carboxylic acids is 1. The Kier molecular flexibility index (Phi) is 15.6. The summed E-state index contributed by atoms with van der Waals surface area (Å²) in [6.07, 6.45) is 3.19. The van der Waals surface area contributed by atoms with E-state index in [1.54, 1.807) is 24.3 Å². The number of carboxylic acid groups (broad SMARTS) is 1. The highest BCUT2D eigenvalue weighted by molar-refractivity contribution is 7.09. The molecule has 0 radical (unpaired) electrons. The highest BCUT2D eigenvalue weighted by Gasteiger charge is 2.37. The number of carboxylic acids is 1. The second kappa shape index (κ2) is 19.1. The van der Waals surface area contributed by atoms with Crippen molar-refractivity contribution in [3.63, 3.8) is 0 Å². The van der Waals surface area contributed by atoms with E-state index in [-0.39, 0.29) is 60.6 Å². The zero-order chi connectivity index (χ0) is 37.1. The molecule has 2 amide bonds.